The topological polar surface area (TPSA) is 17.1 Å². The van der Waals surface area contributed by atoms with Crippen LogP contribution >= 0.6 is 11.6 Å². The predicted octanol–water partition coefficient (Wildman–Crippen LogP) is 3.99. The summed E-state index contributed by atoms with van der Waals surface area (Å²) in [6.07, 6.45) is 0. The number of carbonyl (C=O) groups is 1. The van der Waals surface area contributed by atoms with E-state index in [0.29, 0.717) is 6.07 Å². The third kappa shape index (κ3) is 2.24. The predicted molar refractivity (Wildman–Crippen MR) is 61.2 cm³/mol. The lowest BCUT2D eigenvalue weighted by Crippen LogP contribution is -2.08. The Morgan fingerprint density at radius 3 is 2.39 bits per heavy atom. The van der Waals surface area contributed by atoms with Gasteiger partial charge in [0.2, 0.25) is 5.78 Å². The van der Waals surface area contributed by atoms with E-state index in [1.54, 1.807) is 0 Å². The molecule has 0 N–H and O–H groups in total. The fourth-order valence-electron chi connectivity index (χ4n) is 1.52. The van der Waals surface area contributed by atoms with Gasteiger partial charge in [-0.25, -0.2) is 13.2 Å². The molecule has 0 unspecified atom stereocenters. The second kappa shape index (κ2) is 4.82. The lowest BCUT2D eigenvalue weighted by atomic mass is 10.0. The molecule has 0 saturated heterocycles. The summed E-state index contributed by atoms with van der Waals surface area (Å²) in [5, 5.41) is -0.149. The summed E-state index contributed by atoms with van der Waals surface area (Å²) in [5.74, 6) is -3.58. The Morgan fingerprint density at radius 1 is 1.00 bits per heavy atom. The van der Waals surface area contributed by atoms with E-state index in [-0.39, 0.29) is 5.02 Å². The van der Waals surface area contributed by atoms with Crippen molar-refractivity contribution in [1.29, 1.82) is 0 Å². The summed E-state index contributed by atoms with van der Waals surface area (Å²) >= 11 is 5.69. The fraction of sp³-hybridized carbons (Fsp3) is 0. The van der Waals surface area contributed by atoms with Crippen molar-refractivity contribution < 1.29 is 18.0 Å². The zero-order chi connectivity index (χ0) is 13.3. The van der Waals surface area contributed by atoms with Gasteiger partial charge in [-0.05, 0) is 30.3 Å². The molecular weight excluding hydrogens is 265 g/mol. The molecule has 0 aliphatic heterocycles. The quantitative estimate of drug-likeness (QED) is 0.754. The Morgan fingerprint density at radius 2 is 1.72 bits per heavy atom. The first-order valence-corrected chi connectivity index (χ1v) is 5.32. The number of carbonyl (C=O) groups excluding carboxylic acids is 1. The summed E-state index contributed by atoms with van der Waals surface area (Å²) < 4.78 is 39.9. The van der Waals surface area contributed by atoms with E-state index in [2.05, 4.69) is 0 Å². The minimum atomic E-state index is -0.991. The molecule has 0 heterocycles. The lowest BCUT2D eigenvalue weighted by Gasteiger charge is -2.06. The maximum Gasteiger partial charge on any atom is 0.200 e. The van der Waals surface area contributed by atoms with Crippen LogP contribution in [0.1, 0.15) is 15.9 Å². The smallest absolute Gasteiger partial charge is 0.200 e. The second-order valence-corrected chi connectivity index (χ2v) is 3.96. The standard InChI is InChI=1S/C13H6ClF3O/c14-9-2-1-3-11(17)12(9)13(18)8-6-7(15)4-5-10(8)16/h1-6H. The van der Waals surface area contributed by atoms with Gasteiger partial charge in [-0.3, -0.25) is 4.79 Å². The van der Waals surface area contributed by atoms with Crippen LogP contribution in [0.4, 0.5) is 13.2 Å². The van der Waals surface area contributed by atoms with Gasteiger partial charge >= 0.3 is 0 Å². The largest absolute Gasteiger partial charge is 0.288 e. The highest BCUT2D eigenvalue weighted by atomic mass is 35.5. The molecule has 0 atom stereocenters. The summed E-state index contributed by atoms with van der Waals surface area (Å²) in [6.45, 7) is 0. The van der Waals surface area contributed by atoms with Gasteiger partial charge in [-0.1, -0.05) is 17.7 Å². The minimum Gasteiger partial charge on any atom is -0.288 e. The number of halogens is 4. The zero-order valence-corrected chi connectivity index (χ0v) is 9.64. The van der Waals surface area contributed by atoms with Crippen LogP contribution < -0.4 is 0 Å². The molecule has 0 amide bonds. The Balaban J connectivity index is 2.58. The molecule has 0 aliphatic carbocycles. The van der Waals surface area contributed by atoms with Gasteiger partial charge in [0.25, 0.3) is 0 Å². The van der Waals surface area contributed by atoms with E-state index >= 15 is 0 Å². The number of ketones is 1. The molecule has 0 radical (unpaired) electrons. The average Bonchev–Trinajstić information content (AvgIpc) is 2.32. The number of benzene rings is 2. The van der Waals surface area contributed by atoms with Crippen LogP contribution in [0, 0.1) is 17.5 Å². The van der Waals surface area contributed by atoms with E-state index in [1.165, 1.54) is 12.1 Å². The lowest BCUT2D eigenvalue weighted by molar-refractivity contribution is 0.103. The van der Waals surface area contributed by atoms with Gasteiger partial charge in [0.1, 0.15) is 17.5 Å². The van der Waals surface area contributed by atoms with Crippen molar-refractivity contribution in [1.82, 2.24) is 0 Å². The number of hydrogen-bond donors (Lipinski definition) is 0. The molecule has 0 fully saturated rings. The molecular formula is C13H6ClF3O. The van der Waals surface area contributed by atoms with Gasteiger partial charge in [0, 0.05) is 0 Å². The minimum absolute atomic E-state index is 0.149. The Bertz CT molecular complexity index is 605. The Kier molecular flexibility index (Phi) is 3.39. The molecule has 2 aromatic rings. The molecule has 2 rings (SSSR count). The Labute approximate surface area is 106 Å². The fourth-order valence-corrected chi connectivity index (χ4v) is 1.77. The van der Waals surface area contributed by atoms with Crippen LogP contribution in [-0.4, -0.2) is 5.78 Å². The summed E-state index contributed by atoms with van der Waals surface area (Å²) in [6, 6.07) is 6.02. The zero-order valence-electron chi connectivity index (χ0n) is 8.88. The van der Waals surface area contributed by atoms with Crippen LogP contribution in [0.25, 0.3) is 0 Å². The van der Waals surface area contributed by atoms with Gasteiger partial charge < -0.3 is 0 Å². The average molecular weight is 271 g/mol. The summed E-state index contributed by atoms with van der Waals surface area (Å²) in [5.41, 5.74) is -1.02. The van der Waals surface area contributed by atoms with Gasteiger partial charge in [-0.15, -0.1) is 0 Å². The van der Waals surface area contributed by atoms with Crippen molar-refractivity contribution in [3.63, 3.8) is 0 Å². The van der Waals surface area contributed by atoms with Crippen molar-refractivity contribution in [3.8, 4) is 0 Å². The molecule has 5 heteroatoms. The molecule has 0 saturated carbocycles. The Hall–Kier alpha value is -1.81. The normalized spacial score (nSPS) is 10.4. The van der Waals surface area contributed by atoms with Crippen LogP contribution in [0.15, 0.2) is 36.4 Å². The van der Waals surface area contributed by atoms with Crippen molar-refractivity contribution in [3.05, 3.63) is 70.0 Å². The highest BCUT2D eigenvalue weighted by molar-refractivity contribution is 6.35. The van der Waals surface area contributed by atoms with Crippen LogP contribution in [0.2, 0.25) is 5.02 Å². The first-order valence-electron chi connectivity index (χ1n) is 4.94. The number of hydrogen-bond acceptors (Lipinski definition) is 1. The van der Waals surface area contributed by atoms with E-state index < -0.39 is 34.4 Å². The van der Waals surface area contributed by atoms with E-state index in [0.717, 1.165) is 18.2 Å². The highest BCUT2D eigenvalue weighted by Crippen LogP contribution is 2.23. The molecule has 0 bridgehead atoms. The third-order valence-corrected chi connectivity index (χ3v) is 2.68. The van der Waals surface area contributed by atoms with Crippen LogP contribution in [0.3, 0.4) is 0 Å². The van der Waals surface area contributed by atoms with Crippen molar-refractivity contribution in [2.75, 3.05) is 0 Å². The first-order chi connectivity index (χ1) is 8.50. The van der Waals surface area contributed by atoms with Crippen molar-refractivity contribution in [2.24, 2.45) is 0 Å². The molecule has 1 nitrogen and oxygen atoms in total. The van der Waals surface area contributed by atoms with Crippen LogP contribution in [-0.2, 0) is 0 Å². The van der Waals surface area contributed by atoms with E-state index in [9.17, 15) is 18.0 Å². The van der Waals surface area contributed by atoms with E-state index in [4.69, 9.17) is 11.6 Å². The first kappa shape index (κ1) is 12.6. The van der Waals surface area contributed by atoms with E-state index in [1.807, 2.05) is 0 Å². The van der Waals surface area contributed by atoms with Crippen molar-refractivity contribution >= 4 is 17.4 Å². The third-order valence-electron chi connectivity index (χ3n) is 2.36. The maximum atomic E-state index is 13.5. The molecule has 2 aromatic carbocycles. The monoisotopic (exact) mass is 270 g/mol. The van der Waals surface area contributed by atoms with Gasteiger partial charge in [-0.2, -0.15) is 0 Å². The van der Waals surface area contributed by atoms with Crippen LogP contribution in [0.5, 0.6) is 0 Å². The molecule has 18 heavy (non-hydrogen) atoms. The van der Waals surface area contributed by atoms with Gasteiger partial charge in [0.15, 0.2) is 0 Å². The molecule has 0 aliphatic rings. The summed E-state index contributed by atoms with van der Waals surface area (Å²) in [4.78, 5) is 11.9. The SMILES string of the molecule is O=C(c1cc(F)ccc1F)c1c(F)cccc1Cl. The molecule has 0 aromatic heterocycles. The molecule has 92 valence electrons. The van der Waals surface area contributed by atoms with Gasteiger partial charge in [0.05, 0.1) is 16.1 Å². The number of rotatable bonds is 2. The van der Waals surface area contributed by atoms with Crippen molar-refractivity contribution in [2.45, 2.75) is 0 Å². The maximum absolute atomic E-state index is 13.5. The second-order valence-electron chi connectivity index (χ2n) is 3.55. The summed E-state index contributed by atoms with van der Waals surface area (Å²) in [7, 11) is 0. The molecule has 0 spiro atoms. The highest BCUT2D eigenvalue weighted by Gasteiger charge is 2.21.